The summed E-state index contributed by atoms with van der Waals surface area (Å²) in [5, 5.41) is 0. The van der Waals surface area contributed by atoms with Gasteiger partial charge in [0.25, 0.3) is 5.91 Å². The quantitative estimate of drug-likeness (QED) is 0.519. The normalized spacial score (nSPS) is 10.3. The number of amides is 2. The van der Waals surface area contributed by atoms with Gasteiger partial charge < -0.3 is 0 Å². The summed E-state index contributed by atoms with van der Waals surface area (Å²) in [4.78, 5) is 24.4. The van der Waals surface area contributed by atoms with Crippen LogP contribution in [0.4, 0.5) is 4.39 Å². The van der Waals surface area contributed by atoms with Gasteiger partial charge in [-0.3, -0.25) is 20.4 Å². The van der Waals surface area contributed by atoms with Crippen molar-refractivity contribution in [3.63, 3.8) is 0 Å². The molecule has 0 aromatic heterocycles. The molecule has 2 amide bonds. The van der Waals surface area contributed by atoms with Gasteiger partial charge in [0.05, 0.1) is 5.75 Å². The molecular formula is C21H17FN2O2S. The van der Waals surface area contributed by atoms with Gasteiger partial charge in [-0.1, -0.05) is 54.6 Å². The Kier molecular flexibility index (Phi) is 6.22. The third-order valence-corrected chi connectivity index (χ3v) is 4.81. The Hall–Kier alpha value is -3.12. The molecule has 4 nitrogen and oxygen atoms in total. The largest absolute Gasteiger partial charge is 0.272 e. The molecule has 0 heterocycles. The summed E-state index contributed by atoms with van der Waals surface area (Å²) < 4.78 is 13.5. The molecule has 0 aliphatic carbocycles. The Morgan fingerprint density at radius 2 is 1.41 bits per heavy atom. The molecule has 0 radical (unpaired) electrons. The first-order valence-electron chi connectivity index (χ1n) is 8.25. The molecule has 3 aromatic rings. The fourth-order valence-corrected chi connectivity index (χ4v) is 3.12. The zero-order valence-electron chi connectivity index (χ0n) is 14.3. The molecule has 6 heteroatoms. The summed E-state index contributed by atoms with van der Waals surface area (Å²) in [5.41, 5.74) is 7.18. The highest BCUT2D eigenvalue weighted by atomic mass is 32.2. The smallest absolute Gasteiger partial charge is 0.269 e. The Balaban J connectivity index is 1.50. The molecule has 3 aromatic carbocycles. The van der Waals surface area contributed by atoms with Crippen LogP contribution in [0.25, 0.3) is 11.1 Å². The lowest BCUT2D eigenvalue weighted by Crippen LogP contribution is -2.42. The Labute approximate surface area is 160 Å². The van der Waals surface area contributed by atoms with E-state index < -0.39 is 11.8 Å². The molecule has 0 atom stereocenters. The fraction of sp³-hybridized carbons (Fsp3) is 0.0476. The third kappa shape index (κ3) is 5.18. The van der Waals surface area contributed by atoms with Crippen LogP contribution in [0.1, 0.15) is 10.4 Å². The number of hydrazine groups is 1. The van der Waals surface area contributed by atoms with E-state index in [9.17, 15) is 14.0 Å². The molecule has 0 saturated heterocycles. The van der Waals surface area contributed by atoms with Crippen molar-refractivity contribution in [2.45, 2.75) is 4.90 Å². The zero-order chi connectivity index (χ0) is 19.1. The summed E-state index contributed by atoms with van der Waals surface area (Å²) in [5.74, 6) is -1.22. The van der Waals surface area contributed by atoms with Crippen LogP contribution in [0, 0.1) is 5.82 Å². The van der Waals surface area contributed by atoms with Crippen LogP contribution in [0.15, 0.2) is 83.8 Å². The van der Waals surface area contributed by atoms with E-state index in [4.69, 9.17) is 0 Å². The maximum atomic E-state index is 13.5. The minimum Gasteiger partial charge on any atom is -0.272 e. The van der Waals surface area contributed by atoms with Gasteiger partial charge in [0.1, 0.15) is 5.82 Å². The number of hydrogen-bond donors (Lipinski definition) is 2. The predicted molar refractivity (Wildman–Crippen MR) is 105 cm³/mol. The molecule has 0 unspecified atom stereocenters. The van der Waals surface area contributed by atoms with Gasteiger partial charge in [-0.25, -0.2) is 4.39 Å². The topological polar surface area (TPSA) is 58.2 Å². The monoisotopic (exact) mass is 380 g/mol. The van der Waals surface area contributed by atoms with Gasteiger partial charge >= 0.3 is 0 Å². The first-order chi connectivity index (χ1) is 13.1. The molecular weight excluding hydrogens is 363 g/mol. The van der Waals surface area contributed by atoms with E-state index in [1.165, 1.54) is 6.07 Å². The van der Waals surface area contributed by atoms with E-state index in [-0.39, 0.29) is 11.6 Å². The number of nitrogens with one attached hydrogen (secondary N) is 2. The number of carbonyl (C=O) groups excluding carboxylic acids is 2. The number of hydrogen-bond acceptors (Lipinski definition) is 3. The average molecular weight is 380 g/mol. The van der Waals surface area contributed by atoms with Gasteiger partial charge in [0, 0.05) is 10.5 Å². The summed E-state index contributed by atoms with van der Waals surface area (Å²) in [6, 6.07) is 23.1. The summed E-state index contributed by atoms with van der Waals surface area (Å²) in [7, 11) is 0. The van der Waals surface area contributed by atoms with Crippen LogP contribution in [0.5, 0.6) is 0 Å². The van der Waals surface area contributed by atoms with E-state index in [1.807, 2.05) is 42.5 Å². The van der Waals surface area contributed by atoms with Crippen LogP contribution >= 0.6 is 11.8 Å². The lowest BCUT2D eigenvalue weighted by molar-refractivity contribution is -0.119. The first-order valence-corrected chi connectivity index (χ1v) is 9.24. The highest BCUT2D eigenvalue weighted by Gasteiger charge is 2.09. The molecule has 0 aliphatic heterocycles. The minimum atomic E-state index is -0.419. The van der Waals surface area contributed by atoms with Gasteiger partial charge in [-0.2, -0.15) is 0 Å². The molecule has 3 rings (SSSR count). The molecule has 136 valence electrons. The highest BCUT2D eigenvalue weighted by molar-refractivity contribution is 8.00. The van der Waals surface area contributed by atoms with Crippen molar-refractivity contribution in [1.82, 2.24) is 10.9 Å². The molecule has 0 bridgehead atoms. The van der Waals surface area contributed by atoms with E-state index in [0.29, 0.717) is 10.5 Å². The number of halogens is 1. The molecule has 2 N–H and O–H groups in total. The maximum Gasteiger partial charge on any atom is 0.269 e. The van der Waals surface area contributed by atoms with E-state index in [2.05, 4.69) is 10.9 Å². The van der Waals surface area contributed by atoms with Gasteiger partial charge in [0.15, 0.2) is 0 Å². The standard InChI is InChI=1S/C21H17FN2O2S/c22-18-8-4-5-9-19(18)27-14-20(25)23-24-21(26)17-12-10-16(11-13-17)15-6-2-1-3-7-15/h1-13H,14H2,(H,23,25)(H,24,26). The first kappa shape index (κ1) is 18.7. The van der Waals surface area contributed by atoms with Crippen molar-refractivity contribution >= 4 is 23.6 Å². The minimum absolute atomic E-state index is 0.00580. The molecule has 0 aliphatic rings. The van der Waals surface area contributed by atoms with Crippen molar-refractivity contribution in [2.75, 3.05) is 5.75 Å². The van der Waals surface area contributed by atoms with Crippen molar-refractivity contribution in [1.29, 1.82) is 0 Å². The fourth-order valence-electron chi connectivity index (χ4n) is 2.38. The van der Waals surface area contributed by atoms with Crippen LogP contribution < -0.4 is 10.9 Å². The van der Waals surface area contributed by atoms with Gasteiger partial charge in [-0.15, -0.1) is 11.8 Å². The van der Waals surface area contributed by atoms with Crippen molar-refractivity contribution in [3.05, 3.63) is 90.2 Å². The summed E-state index contributed by atoms with van der Waals surface area (Å²) in [6.07, 6.45) is 0. The van der Waals surface area contributed by atoms with E-state index in [0.717, 1.165) is 22.9 Å². The van der Waals surface area contributed by atoms with Gasteiger partial charge in [0.2, 0.25) is 5.91 Å². The van der Waals surface area contributed by atoms with Crippen molar-refractivity contribution in [3.8, 4) is 11.1 Å². The number of carbonyl (C=O) groups is 2. The maximum absolute atomic E-state index is 13.5. The molecule has 0 saturated carbocycles. The van der Waals surface area contributed by atoms with Crippen LogP contribution in [-0.2, 0) is 4.79 Å². The van der Waals surface area contributed by atoms with E-state index in [1.54, 1.807) is 30.3 Å². The Bertz CT molecular complexity index is 930. The van der Waals surface area contributed by atoms with E-state index >= 15 is 0 Å². The second-order valence-corrected chi connectivity index (χ2v) is 6.68. The molecule has 0 fully saturated rings. The number of rotatable bonds is 5. The highest BCUT2D eigenvalue weighted by Crippen LogP contribution is 2.21. The van der Waals surface area contributed by atoms with Crippen LogP contribution in [0.3, 0.4) is 0 Å². The summed E-state index contributed by atoms with van der Waals surface area (Å²) in [6.45, 7) is 0. The van der Waals surface area contributed by atoms with Crippen molar-refractivity contribution < 1.29 is 14.0 Å². The second kappa shape index (κ2) is 9.00. The number of benzene rings is 3. The Morgan fingerprint density at radius 1 is 0.778 bits per heavy atom. The molecule has 0 spiro atoms. The third-order valence-electron chi connectivity index (χ3n) is 3.77. The summed E-state index contributed by atoms with van der Waals surface area (Å²) >= 11 is 1.06. The average Bonchev–Trinajstić information content (AvgIpc) is 2.72. The van der Waals surface area contributed by atoms with Crippen LogP contribution in [-0.4, -0.2) is 17.6 Å². The number of thioether (sulfide) groups is 1. The Morgan fingerprint density at radius 3 is 2.11 bits per heavy atom. The van der Waals surface area contributed by atoms with Crippen LogP contribution in [0.2, 0.25) is 0 Å². The predicted octanol–water partition coefficient (Wildman–Crippen LogP) is 4.05. The van der Waals surface area contributed by atoms with Crippen molar-refractivity contribution in [2.24, 2.45) is 0 Å². The molecule has 27 heavy (non-hydrogen) atoms. The lowest BCUT2D eigenvalue weighted by Gasteiger charge is -2.08. The SMILES string of the molecule is O=C(CSc1ccccc1F)NNC(=O)c1ccc(-c2ccccc2)cc1. The van der Waals surface area contributed by atoms with Gasteiger partial charge in [-0.05, 0) is 35.4 Å². The lowest BCUT2D eigenvalue weighted by atomic mass is 10.0. The second-order valence-electron chi connectivity index (χ2n) is 5.66. The zero-order valence-corrected chi connectivity index (χ0v) is 15.1.